The fraction of sp³-hybridized carbons (Fsp3) is 0.316. The number of methoxy groups -OCH3 is 2. The lowest BCUT2D eigenvalue weighted by atomic mass is 10.1. The molecule has 0 unspecified atom stereocenters. The van der Waals surface area contributed by atoms with Gasteiger partial charge in [-0.25, -0.2) is 0 Å². The van der Waals surface area contributed by atoms with Crippen molar-refractivity contribution in [3.05, 3.63) is 47.5 Å². The summed E-state index contributed by atoms with van der Waals surface area (Å²) >= 11 is 1.73. The number of hydrogen-bond acceptors (Lipinski definition) is 6. The second-order valence-electron chi connectivity index (χ2n) is 5.94. The highest BCUT2D eigenvalue weighted by atomic mass is 32.2. The summed E-state index contributed by atoms with van der Waals surface area (Å²) in [6.45, 7) is 0.876. The average Bonchev–Trinajstić information content (AvgIpc) is 3.35. The fourth-order valence-corrected chi connectivity index (χ4v) is 4.36. The van der Waals surface area contributed by atoms with E-state index in [0.29, 0.717) is 35.1 Å². The first-order valence-electron chi connectivity index (χ1n) is 8.25. The van der Waals surface area contributed by atoms with Crippen molar-refractivity contribution in [2.75, 3.05) is 33.3 Å². The monoisotopic (exact) mass is 373 g/mol. The van der Waals surface area contributed by atoms with E-state index in [1.54, 1.807) is 44.2 Å². The van der Waals surface area contributed by atoms with Gasteiger partial charge in [0.1, 0.15) is 16.9 Å². The molecule has 0 radical (unpaired) electrons. The molecule has 0 bridgehead atoms. The molecule has 26 heavy (non-hydrogen) atoms. The highest BCUT2D eigenvalue weighted by Crippen LogP contribution is 2.42. The van der Waals surface area contributed by atoms with Crippen LogP contribution < -0.4 is 18.9 Å². The van der Waals surface area contributed by atoms with Gasteiger partial charge in [-0.15, -0.1) is 11.8 Å². The van der Waals surface area contributed by atoms with Crippen LogP contribution in [0.15, 0.2) is 36.4 Å². The first-order chi connectivity index (χ1) is 12.7. The van der Waals surface area contributed by atoms with Gasteiger partial charge in [-0.1, -0.05) is 0 Å². The van der Waals surface area contributed by atoms with Gasteiger partial charge in [-0.05, 0) is 35.9 Å². The summed E-state index contributed by atoms with van der Waals surface area (Å²) < 4.78 is 21.4. The van der Waals surface area contributed by atoms with Gasteiger partial charge in [0.15, 0.2) is 11.5 Å². The van der Waals surface area contributed by atoms with Crippen LogP contribution in [0.3, 0.4) is 0 Å². The first kappa shape index (κ1) is 16.9. The summed E-state index contributed by atoms with van der Waals surface area (Å²) in [6.07, 6.45) is 0. The van der Waals surface area contributed by atoms with Crippen molar-refractivity contribution in [1.29, 1.82) is 0 Å². The zero-order valence-corrected chi connectivity index (χ0v) is 15.4. The molecule has 2 aliphatic rings. The van der Waals surface area contributed by atoms with Crippen molar-refractivity contribution in [3.8, 4) is 23.0 Å². The van der Waals surface area contributed by atoms with Gasteiger partial charge >= 0.3 is 0 Å². The number of carbonyl (C=O) groups is 1. The molecule has 0 spiro atoms. The zero-order chi connectivity index (χ0) is 18.1. The lowest BCUT2D eigenvalue weighted by molar-refractivity contribution is 0.0759. The van der Waals surface area contributed by atoms with Crippen LogP contribution in [0, 0.1) is 0 Å². The molecule has 1 fully saturated rings. The van der Waals surface area contributed by atoms with Gasteiger partial charge in [0.05, 0.1) is 14.2 Å². The Morgan fingerprint density at radius 2 is 1.81 bits per heavy atom. The van der Waals surface area contributed by atoms with Gasteiger partial charge in [0.2, 0.25) is 6.79 Å². The molecule has 0 aliphatic carbocycles. The molecule has 0 N–H and O–H groups in total. The third kappa shape index (κ3) is 3.03. The first-order valence-corrected chi connectivity index (χ1v) is 9.29. The number of hydrogen-bond donors (Lipinski definition) is 0. The molecule has 7 heteroatoms. The third-order valence-corrected chi connectivity index (χ3v) is 5.69. The van der Waals surface area contributed by atoms with Crippen LogP contribution >= 0.6 is 11.8 Å². The zero-order valence-electron chi connectivity index (χ0n) is 14.6. The van der Waals surface area contributed by atoms with Crippen LogP contribution in [-0.2, 0) is 0 Å². The summed E-state index contributed by atoms with van der Waals surface area (Å²) in [6, 6.07) is 11.0. The standard InChI is InChI=1S/C19H19NO5S/c1-22-14-7-13(8-15(10-14)23-2)19-20(5-6-26-19)18(21)12-3-4-16-17(9-12)25-11-24-16/h3-4,7-10,19H,5-6,11H2,1-2H3/t19-/m1/s1. The summed E-state index contributed by atoms with van der Waals surface area (Å²) in [7, 11) is 3.24. The van der Waals surface area contributed by atoms with Crippen LogP contribution in [0.4, 0.5) is 0 Å². The van der Waals surface area contributed by atoms with Crippen LogP contribution in [0.5, 0.6) is 23.0 Å². The number of thioether (sulfide) groups is 1. The molecule has 0 saturated carbocycles. The minimum atomic E-state index is -0.0862. The van der Waals surface area contributed by atoms with Gasteiger partial charge in [-0.3, -0.25) is 4.79 Å². The smallest absolute Gasteiger partial charge is 0.255 e. The van der Waals surface area contributed by atoms with E-state index in [0.717, 1.165) is 11.3 Å². The highest BCUT2D eigenvalue weighted by molar-refractivity contribution is 7.99. The second-order valence-corrected chi connectivity index (χ2v) is 7.12. The van der Waals surface area contributed by atoms with Crippen LogP contribution in [0.2, 0.25) is 0 Å². The largest absolute Gasteiger partial charge is 0.497 e. The number of ether oxygens (including phenoxy) is 4. The van der Waals surface area contributed by atoms with E-state index in [4.69, 9.17) is 18.9 Å². The maximum Gasteiger partial charge on any atom is 0.255 e. The lowest BCUT2D eigenvalue weighted by Crippen LogP contribution is -2.30. The molecular formula is C19H19NO5S. The number of fused-ring (bicyclic) bond motifs is 1. The quantitative estimate of drug-likeness (QED) is 0.820. The van der Waals surface area contributed by atoms with E-state index < -0.39 is 0 Å². The van der Waals surface area contributed by atoms with Gasteiger partial charge in [0.25, 0.3) is 5.91 Å². The molecule has 0 aromatic heterocycles. The van der Waals surface area contributed by atoms with Crippen molar-refractivity contribution in [1.82, 2.24) is 4.90 Å². The lowest BCUT2D eigenvalue weighted by Gasteiger charge is -2.25. The van der Waals surface area contributed by atoms with Gasteiger partial charge < -0.3 is 23.8 Å². The number of rotatable bonds is 4. The molecule has 1 saturated heterocycles. The topological polar surface area (TPSA) is 57.2 Å². The average molecular weight is 373 g/mol. The maximum absolute atomic E-state index is 13.1. The SMILES string of the molecule is COc1cc(OC)cc([C@H]2SCCN2C(=O)c2ccc3c(c2)OCO3)c1. The molecule has 1 atom stereocenters. The van der Waals surface area contributed by atoms with E-state index in [1.807, 2.05) is 23.1 Å². The molecule has 1 amide bonds. The molecule has 2 aromatic rings. The summed E-state index contributed by atoms with van der Waals surface area (Å²) in [5.41, 5.74) is 1.58. The Morgan fingerprint density at radius 3 is 2.54 bits per heavy atom. The van der Waals surface area contributed by atoms with Crippen molar-refractivity contribution in [2.24, 2.45) is 0 Å². The number of amides is 1. The van der Waals surface area contributed by atoms with E-state index in [1.165, 1.54) is 0 Å². The maximum atomic E-state index is 13.1. The Hall–Kier alpha value is -2.54. The fourth-order valence-electron chi connectivity index (χ4n) is 3.12. The Balaban J connectivity index is 1.63. The van der Waals surface area contributed by atoms with E-state index in [2.05, 4.69) is 0 Å². The summed E-state index contributed by atoms with van der Waals surface area (Å²) in [5.74, 6) is 3.55. The van der Waals surface area contributed by atoms with Crippen molar-refractivity contribution < 1.29 is 23.7 Å². The normalized spacial score (nSPS) is 18.1. The molecule has 2 heterocycles. The minimum Gasteiger partial charge on any atom is -0.497 e. The predicted octanol–water partition coefficient (Wildman–Crippen LogP) is 3.32. The Morgan fingerprint density at radius 1 is 1.08 bits per heavy atom. The Labute approximate surface area is 156 Å². The van der Waals surface area contributed by atoms with E-state index in [-0.39, 0.29) is 18.1 Å². The molecular weight excluding hydrogens is 354 g/mol. The summed E-state index contributed by atoms with van der Waals surface area (Å²) in [4.78, 5) is 15.0. The molecule has 2 aliphatic heterocycles. The Kier molecular flexibility index (Phi) is 4.55. The number of nitrogens with zero attached hydrogens (tertiary/aromatic N) is 1. The van der Waals surface area contributed by atoms with Crippen LogP contribution in [0.25, 0.3) is 0 Å². The third-order valence-electron chi connectivity index (χ3n) is 4.43. The van der Waals surface area contributed by atoms with Crippen molar-refractivity contribution in [2.45, 2.75) is 5.37 Å². The van der Waals surface area contributed by atoms with Crippen LogP contribution in [0.1, 0.15) is 21.3 Å². The molecule has 6 nitrogen and oxygen atoms in total. The predicted molar refractivity (Wildman–Crippen MR) is 98.3 cm³/mol. The minimum absolute atomic E-state index is 0.0277. The van der Waals surface area contributed by atoms with Crippen LogP contribution in [-0.4, -0.2) is 44.1 Å². The van der Waals surface area contributed by atoms with Gasteiger partial charge in [-0.2, -0.15) is 0 Å². The van der Waals surface area contributed by atoms with Crippen molar-refractivity contribution in [3.63, 3.8) is 0 Å². The molecule has 136 valence electrons. The highest BCUT2D eigenvalue weighted by Gasteiger charge is 2.32. The molecule has 2 aromatic carbocycles. The Bertz CT molecular complexity index is 818. The number of carbonyl (C=O) groups excluding carboxylic acids is 1. The summed E-state index contributed by atoms with van der Waals surface area (Å²) in [5, 5.41) is -0.0862. The van der Waals surface area contributed by atoms with E-state index >= 15 is 0 Å². The second kappa shape index (κ2) is 6.99. The van der Waals surface area contributed by atoms with Gasteiger partial charge in [0, 0.05) is 23.9 Å². The van der Waals surface area contributed by atoms with E-state index in [9.17, 15) is 4.79 Å². The number of benzene rings is 2. The van der Waals surface area contributed by atoms with Crippen molar-refractivity contribution >= 4 is 17.7 Å². The molecule has 4 rings (SSSR count).